The maximum Gasteiger partial charge on any atom is 0.248 e. The molecule has 1 saturated heterocycles. The number of aryl methyl sites for hydroxylation is 1. The number of hydrogen-bond donors (Lipinski definition) is 1. The number of nitrogens with one attached hydrogen (secondary N) is 1. The average Bonchev–Trinajstić information content (AvgIpc) is 2.94. The normalized spacial score (nSPS) is 17.9. The monoisotopic (exact) mass is 318 g/mol. The summed E-state index contributed by atoms with van der Waals surface area (Å²) < 4.78 is 0. The molecule has 0 bridgehead atoms. The number of likely N-dealkylation sites (tertiary alicyclic amines) is 1. The lowest BCUT2D eigenvalue weighted by Gasteiger charge is -2.25. The first-order valence-electron chi connectivity index (χ1n) is 8.26. The second kappa shape index (κ2) is 7.06. The summed E-state index contributed by atoms with van der Waals surface area (Å²) in [5.74, 6) is 1.18. The summed E-state index contributed by atoms with van der Waals surface area (Å²) in [6.45, 7) is 10.3. The minimum Gasteiger partial charge on any atom is -0.330 e. The lowest BCUT2D eigenvalue weighted by atomic mass is 10.1. The molecule has 1 atom stereocenters. The van der Waals surface area contributed by atoms with Crippen LogP contribution in [0.4, 0.5) is 5.82 Å². The van der Waals surface area contributed by atoms with Gasteiger partial charge in [-0.3, -0.25) is 9.59 Å². The van der Waals surface area contributed by atoms with E-state index in [4.69, 9.17) is 0 Å². The summed E-state index contributed by atoms with van der Waals surface area (Å²) >= 11 is 0. The number of nitrogens with zero attached hydrogens (tertiary/aromatic N) is 3. The van der Waals surface area contributed by atoms with Gasteiger partial charge in [0.05, 0.1) is 0 Å². The van der Waals surface area contributed by atoms with Gasteiger partial charge in [-0.1, -0.05) is 27.7 Å². The molecule has 0 aliphatic carbocycles. The molecular formula is C17H26N4O2. The van der Waals surface area contributed by atoms with Crippen molar-refractivity contribution in [3.05, 3.63) is 17.6 Å². The molecule has 1 fully saturated rings. The standard InChI is InChI=1S/C17H26N4O2/c1-10(2)15-18-12(5)9-14(19-15)20-16(22)13-7-6-8-21(13)17(23)11(3)4/h9-11,13H,6-8H2,1-5H3,(H,18,19,20,22). The van der Waals surface area contributed by atoms with Crippen molar-refractivity contribution in [2.45, 2.75) is 59.4 Å². The Balaban J connectivity index is 2.14. The van der Waals surface area contributed by atoms with E-state index < -0.39 is 6.04 Å². The first-order valence-corrected chi connectivity index (χ1v) is 8.26. The highest BCUT2D eigenvalue weighted by Gasteiger charge is 2.35. The molecule has 6 heteroatoms. The van der Waals surface area contributed by atoms with E-state index in [1.54, 1.807) is 11.0 Å². The van der Waals surface area contributed by atoms with Crippen molar-refractivity contribution < 1.29 is 9.59 Å². The summed E-state index contributed by atoms with van der Waals surface area (Å²) in [5.41, 5.74) is 0.820. The van der Waals surface area contributed by atoms with E-state index >= 15 is 0 Å². The third-order valence-electron chi connectivity index (χ3n) is 3.97. The number of rotatable bonds is 4. The van der Waals surface area contributed by atoms with Gasteiger partial charge in [0, 0.05) is 30.1 Å². The number of aromatic nitrogens is 2. The Morgan fingerprint density at radius 1 is 1.26 bits per heavy atom. The molecule has 126 valence electrons. The van der Waals surface area contributed by atoms with E-state index in [0.717, 1.165) is 12.1 Å². The lowest BCUT2D eigenvalue weighted by Crippen LogP contribution is -2.44. The Labute approximate surface area is 137 Å². The fraction of sp³-hybridized carbons (Fsp3) is 0.647. The second-order valence-electron chi connectivity index (χ2n) is 6.74. The van der Waals surface area contributed by atoms with Crippen LogP contribution >= 0.6 is 0 Å². The second-order valence-corrected chi connectivity index (χ2v) is 6.74. The largest absolute Gasteiger partial charge is 0.330 e. The molecule has 1 N–H and O–H groups in total. The highest BCUT2D eigenvalue weighted by molar-refractivity contribution is 5.97. The third kappa shape index (κ3) is 4.06. The van der Waals surface area contributed by atoms with Gasteiger partial charge < -0.3 is 10.2 Å². The van der Waals surface area contributed by atoms with Crippen LogP contribution in [0.5, 0.6) is 0 Å². The van der Waals surface area contributed by atoms with Gasteiger partial charge in [-0.05, 0) is 19.8 Å². The molecule has 2 rings (SSSR count). The van der Waals surface area contributed by atoms with Crippen LogP contribution < -0.4 is 5.32 Å². The van der Waals surface area contributed by atoms with Crippen molar-refractivity contribution in [1.82, 2.24) is 14.9 Å². The molecule has 2 amide bonds. The molecular weight excluding hydrogens is 292 g/mol. The molecule has 0 radical (unpaired) electrons. The van der Waals surface area contributed by atoms with Gasteiger partial charge in [-0.2, -0.15) is 0 Å². The highest BCUT2D eigenvalue weighted by atomic mass is 16.2. The number of carbonyl (C=O) groups excluding carboxylic acids is 2. The van der Waals surface area contributed by atoms with E-state index in [9.17, 15) is 9.59 Å². The Morgan fingerprint density at radius 3 is 2.57 bits per heavy atom. The van der Waals surface area contributed by atoms with Gasteiger partial charge in [0.1, 0.15) is 17.7 Å². The van der Waals surface area contributed by atoms with Gasteiger partial charge in [0.2, 0.25) is 11.8 Å². The van der Waals surface area contributed by atoms with Gasteiger partial charge in [0.25, 0.3) is 0 Å². The number of anilines is 1. The summed E-state index contributed by atoms with van der Waals surface area (Å²) in [6.07, 6.45) is 1.56. The van der Waals surface area contributed by atoms with E-state index in [-0.39, 0.29) is 23.7 Å². The van der Waals surface area contributed by atoms with E-state index in [0.29, 0.717) is 24.6 Å². The van der Waals surface area contributed by atoms with Crippen molar-refractivity contribution in [1.29, 1.82) is 0 Å². The number of hydrogen-bond acceptors (Lipinski definition) is 4. The fourth-order valence-corrected chi connectivity index (χ4v) is 2.76. The highest BCUT2D eigenvalue weighted by Crippen LogP contribution is 2.21. The smallest absolute Gasteiger partial charge is 0.248 e. The lowest BCUT2D eigenvalue weighted by molar-refractivity contribution is -0.139. The van der Waals surface area contributed by atoms with Crippen molar-refractivity contribution in [2.75, 3.05) is 11.9 Å². The SMILES string of the molecule is Cc1cc(NC(=O)C2CCCN2C(=O)C(C)C)nc(C(C)C)n1. The molecule has 1 aliphatic heterocycles. The van der Waals surface area contributed by atoms with Gasteiger partial charge in [0.15, 0.2) is 0 Å². The average molecular weight is 318 g/mol. The zero-order valence-corrected chi connectivity index (χ0v) is 14.6. The summed E-state index contributed by atoms with van der Waals surface area (Å²) in [6, 6.07) is 1.36. The van der Waals surface area contributed by atoms with Crippen molar-refractivity contribution in [3.63, 3.8) is 0 Å². The van der Waals surface area contributed by atoms with E-state index in [1.165, 1.54) is 0 Å². The molecule has 1 aliphatic rings. The first kappa shape index (κ1) is 17.4. The third-order valence-corrected chi connectivity index (χ3v) is 3.97. The van der Waals surface area contributed by atoms with E-state index in [2.05, 4.69) is 15.3 Å². The van der Waals surface area contributed by atoms with Gasteiger partial charge >= 0.3 is 0 Å². The molecule has 0 spiro atoms. The number of amides is 2. The molecule has 0 saturated carbocycles. The molecule has 1 aromatic rings. The molecule has 6 nitrogen and oxygen atoms in total. The molecule has 1 unspecified atom stereocenters. The van der Waals surface area contributed by atoms with Crippen LogP contribution in [0, 0.1) is 12.8 Å². The van der Waals surface area contributed by atoms with Crippen LogP contribution in [0.3, 0.4) is 0 Å². The Bertz CT molecular complexity index is 598. The van der Waals surface area contributed by atoms with Crippen LogP contribution in [0.2, 0.25) is 0 Å². The predicted octanol–water partition coefficient (Wildman–Crippen LogP) is 2.49. The summed E-state index contributed by atoms with van der Waals surface area (Å²) in [7, 11) is 0. The topological polar surface area (TPSA) is 75.2 Å². The summed E-state index contributed by atoms with van der Waals surface area (Å²) in [5, 5.41) is 2.86. The molecule has 23 heavy (non-hydrogen) atoms. The molecule has 0 aromatic carbocycles. The van der Waals surface area contributed by atoms with Crippen LogP contribution in [0.1, 0.15) is 58.0 Å². The van der Waals surface area contributed by atoms with Crippen LogP contribution in [-0.2, 0) is 9.59 Å². The Morgan fingerprint density at radius 2 is 1.96 bits per heavy atom. The van der Waals surface area contributed by atoms with Crippen molar-refractivity contribution >= 4 is 17.6 Å². The summed E-state index contributed by atoms with van der Waals surface area (Å²) in [4.78, 5) is 35.3. The zero-order valence-electron chi connectivity index (χ0n) is 14.6. The van der Waals surface area contributed by atoms with Crippen LogP contribution in [0.25, 0.3) is 0 Å². The maximum absolute atomic E-state index is 12.6. The molecule has 1 aromatic heterocycles. The van der Waals surface area contributed by atoms with E-state index in [1.807, 2.05) is 34.6 Å². The minimum atomic E-state index is -0.400. The first-order chi connectivity index (χ1) is 10.8. The zero-order chi connectivity index (χ0) is 17.1. The van der Waals surface area contributed by atoms with Gasteiger partial charge in [-0.25, -0.2) is 9.97 Å². The van der Waals surface area contributed by atoms with Crippen molar-refractivity contribution in [3.8, 4) is 0 Å². The Kier molecular flexibility index (Phi) is 5.34. The minimum absolute atomic E-state index is 0.0318. The fourth-order valence-electron chi connectivity index (χ4n) is 2.76. The van der Waals surface area contributed by atoms with Crippen molar-refractivity contribution in [2.24, 2.45) is 5.92 Å². The molecule has 2 heterocycles. The van der Waals surface area contributed by atoms with Crippen LogP contribution in [-0.4, -0.2) is 39.3 Å². The maximum atomic E-state index is 12.6. The number of carbonyl (C=O) groups is 2. The van der Waals surface area contributed by atoms with Crippen LogP contribution in [0.15, 0.2) is 6.07 Å². The quantitative estimate of drug-likeness (QED) is 0.925. The Hall–Kier alpha value is -1.98. The van der Waals surface area contributed by atoms with Gasteiger partial charge in [-0.15, -0.1) is 0 Å². The predicted molar refractivity (Wildman–Crippen MR) is 89.1 cm³/mol.